The first-order chi connectivity index (χ1) is 11.9. The second kappa shape index (κ2) is 8.19. The van der Waals surface area contributed by atoms with Crippen LogP contribution >= 0.6 is 0 Å². The minimum absolute atomic E-state index is 0.0426. The highest BCUT2D eigenvalue weighted by atomic mass is 16.5. The first-order valence-electron chi connectivity index (χ1n) is 7.81. The topological polar surface area (TPSA) is 80.2 Å². The predicted octanol–water partition coefficient (Wildman–Crippen LogP) is 2.86. The van der Waals surface area contributed by atoms with Gasteiger partial charge in [0.2, 0.25) is 0 Å². The number of aromatic hydroxyl groups is 1. The molecule has 2 aromatic rings. The Hall–Kier alpha value is -3.02. The molecule has 0 aromatic heterocycles. The fourth-order valence-electron chi connectivity index (χ4n) is 2.27. The lowest BCUT2D eigenvalue weighted by molar-refractivity contribution is -0.123. The summed E-state index contributed by atoms with van der Waals surface area (Å²) < 4.78 is 10.6. The minimum Gasteiger partial charge on any atom is -0.504 e. The van der Waals surface area contributed by atoms with E-state index in [0.29, 0.717) is 11.3 Å². The summed E-state index contributed by atoms with van der Waals surface area (Å²) in [4.78, 5) is 11.9. The maximum Gasteiger partial charge on any atom is 0.277 e. The maximum absolute atomic E-state index is 11.9. The van der Waals surface area contributed by atoms with Gasteiger partial charge >= 0.3 is 0 Å². The number of nitrogens with zero attached hydrogens (tertiary/aromatic N) is 1. The molecule has 0 aliphatic heterocycles. The zero-order chi connectivity index (χ0) is 18.4. The van der Waals surface area contributed by atoms with Crippen molar-refractivity contribution in [2.45, 2.75) is 20.8 Å². The summed E-state index contributed by atoms with van der Waals surface area (Å²) in [7, 11) is 1.46. The number of aryl methyl sites for hydroxylation is 2. The van der Waals surface area contributed by atoms with Crippen LogP contribution in [0, 0.1) is 20.8 Å². The molecular weight excluding hydrogens is 320 g/mol. The van der Waals surface area contributed by atoms with Crippen LogP contribution in [0.5, 0.6) is 17.2 Å². The van der Waals surface area contributed by atoms with Gasteiger partial charge in [0, 0.05) is 0 Å². The number of rotatable bonds is 6. The van der Waals surface area contributed by atoms with Crippen molar-refractivity contribution in [1.82, 2.24) is 5.43 Å². The van der Waals surface area contributed by atoms with Gasteiger partial charge in [-0.25, -0.2) is 5.43 Å². The summed E-state index contributed by atoms with van der Waals surface area (Å²) in [6.07, 6.45) is 1.46. The summed E-state index contributed by atoms with van der Waals surface area (Å²) in [6.45, 7) is 5.78. The average molecular weight is 342 g/mol. The van der Waals surface area contributed by atoms with Gasteiger partial charge in [-0.1, -0.05) is 12.1 Å². The van der Waals surface area contributed by atoms with E-state index >= 15 is 0 Å². The van der Waals surface area contributed by atoms with E-state index in [4.69, 9.17) is 9.47 Å². The molecule has 0 bridgehead atoms. The number of methoxy groups -OCH3 is 1. The molecule has 132 valence electrons. The SMILES string of the molecule is COc1cc(C=NNC(=O)COc2c(C)ccc(C)c2C)ccc1O. The molecule has 25 heavy (non-hydrogen) atoms. The van der Waals surface area contributed by atoms with Crippen LogP contribution in [0.4, 0.5) is 0 Å². The van der Waals surface area contributed by atoms with Gasteiger partial charge in [-0.15, -0.1) is 0 Å². The van der Waals surface area contributed by atoms with Crippen LogP contribution in [0.15, 0.2) is 35.4 Å². The molecule has 0 radical (unpaired) electrons. The van der Waals surface area contributed by atoms with E-state index in [0.717, 1.165) is 22.4 Å². The van der Waals surface area contributed by atoms with Crippen molar-refractivity contribution in [3.05, 3.63) is 52.6 Å². The summed E-state index contributed by atoms with van der Waals surface area (Å²) in [5, 5.41) is 13.4. The average Bonchev–Trinajstić information content (AvgIpc) is 2.59. The third-order valence-corrected chi connectivity index (χ3v) is 3.83. The van der Waals surface area contributed by atoms with Crippen molar-refractivity contribution in [3.63, 3.8) is 0 Å². The molecule has 0 spiro atoms. The van der Waals surface area contributed by atoms with Gasteiger partial charge in [0.05, 0.1) is 13.3 Å². The first kappa shape index (κ1) is 18.3. The van der Waals surface area contributed by atoms with E-state index < -0.39 is 0 Å². The highest BCUT2D eigenvalue weighted by molar-refractivity contribution is 5.83. The summed E-state index contributed by atoms with van der Waals surface area (Å²) in [5.41, 5.74) is 6.21. The third-order valence-electron chi connectivity index (χ3n) is 3.83. The number of hydrogen-bond acceptors (Lipinski definition) is 5. The monoisotopic (exact) mass is 342 g/mol. The van der Waals surface area contributed by atoms with Crippen molar-refractivity contribution in [3.8, 4) is 17.2 Å². The number of carbonyl (C=O) groups is 1. The van der Waals surface area contributed by atoms with E-state index in [2.05, 4.69) is 10.5 Å². The molecule has 0 aliphatic carbocycles. The van der Waals surface area contributed by atoms with Crippen LogP contribution in [0.2, 0.25) is 0 Å². The smallest absolute Gasteiger partial charge is 0.277 e. The molecule has 0 unspecified atom stereocenters. The molecule has 0 saturated carbocycles. The molecule has 0 aliphatic rings. The number of carbonyl (C=O) groups excluding carboxylic acids is 1. The molecule has 6 heteroatoms. The van der Waals surface area contributed by atoms with Crippen LogP contribution in [-0.2, 0) is 4.79 Å². The lowest BCUT2D eigenvalue weighted by Crippen LogP contribution is -2.25. The Bertz CT molecular complexity index is 800. The second-order valence-electron chi connectivity index (χ2n) is 5.67. The Morgan fingerprint density at radius 1 is 1.20 bits per heavy atom. The Balaban J connectivity index is 1.92. The Kier molecular flexibility index (Phi) is 6.00. The van der Waals surface area contributed by atoms with Crippen LogP contribution in [0.3, 0.4) is 0 Å². The molecule has 2 rings (SSSR count). The van der Waals surface area contributed by atoms with E-state index in [1.165, 1.54) is 19.4 Å². The predicted molar refractivity (Wildman–Crippen MR) is 96.5 cm³/mol. The van der Waals surface area contributed by atoms with E-state index in [-0.39, 0.29) is 18.3 Å². The largest absolute Gasteiger partial charge is 0.504 e. The Labute approximate surface area is 147 Å². The van der Waals surface area contributed by atoms with Crippen LogP contribution < -0.4 is 14.9 Å². The molecule has 2 N–H and O–H groups in total. The van der Waals surface area contributed by atoms with Crippen molar-refractivity contribution in [1.29, 1.82) is 0 Å². The van der Waals surface area contributed by atoms with Crippen LogP contribution in [0.25, 0.3) is 0 Å². The van der Waals surface area contributed by atoms with E-state index in [1.807, 2.05) is 32.9 Å². The number of phenolic OH excluding ortho intramolecular Hbond substituents is 1. The van der Waals surface area contributed by atoms with Gasteiger partial charge in [-0.05, 0) is 61.2 Å². The van der Waals surface area contributed by atoms with Crippen molar-refractivity contribution in [2.75, 3.05) is 13.7 Å². The van der Waals surface area contributed by atoms with E-state index in [1.54, 1.807) is 12.1 Å². The number of ether oxygens (including phenoxy) is 2. The minimum atomic E-state index is -0.359. The number of hydrazone groups is 1. The van der Waals surface area contributed by atoms with Crippen molar-refractivity contribution in [2.24, 2.45) is 5.10 Å². The van der Waals surface area contributed by atoms with Gasteiger partial charge in [-0.3, -0.25) is 4.79 Å². The summed E-state index contributed by atoms with van der Waals surface area (Å²) in [6, 6.07) is 8.75. The number of nitrogens with one attached hydrogen (secondary N) is 1. The van der Waals surface area contributed by atoms with E-state index in [9.17, 15) is 9.90 Å². The zero-order valence-corrected chi connectivity index (χ0v) is 14.8. The summed E-state index contributed by atoms with van der Waals surface area (Å²) in [5.74, 6) is 0.745. The first-order valence-corrected chi connectivity index (χ1v) is 7.81. The maximum atomic E-state index is 11.9. The van der Waals surface area contributed by atoms with Crippen molar-refractivity contribution >= 4 is 12.1 Å². The molecular formula is C19H22N2O4. The molecule has 0 fully saturated rings. The van der Waals surface area contributed by atoms with Gasteiger partial charge in [0.25, 0.3) is 5.91 Å². The zero-order valence-electron chi connectivity index (χ0n) is 14.8. The quantitative estimate of drug-likeness (QED) is 0.625. The van der Waals surface area contributed by atoms with Gasteiger partial charge in [0.1, 0.15) is 5.75 Å². The van der Waals surface area contributed by atoms with Gasteiger partial charge in [-0.2, -0.15) is 5.10 Å². The molecule has 1 amide bonds. The molecule has 6 nitrogen and oxygen atoms in total. The number of amides is 1. The van der Waals surface area contributed by atoms with Gasteiger partial charge in [0.15, 0.2) is 18.1 Å². The molecule has 0 atom stereocenters. The fraction of sp³-hybridized carbons (Fsp3) is 0.263. The van der Waals surface area contributed by atoms with Crippen molar-refractivity contribution < 1.29 is 19.4 Å². The Morgan fingerprint density at radius 2 is 1.92 bits per heavy atom. The Morgan fingerprint density at radius 3 is 2.64 bits per heavy atom. The number of hydrogen-bond donors (Lipinski definition) is 2. The molecule has 0 heterocycles. The normalized spacial score (nSPS) is 10.7. The fourth-order valence-corrected chi connectivity index (χ4v) is 2.27. The second-order valence-corrected chi connectivity index (χ2v) is 5.67. The van der Waals surface area contributed by atoms with Gasteiger partial charge < -0.3 is 14.6 Å². The molecule has 2 aromatic carbocycles. The highest BCUT2D eigenvalue weighted by Gasteiger charge is 2.09. The van der Waals surface area contributed by atoms with Crippen LogP contribution in [-0.4, -0.2) is 30.9 Å². The lowest BCUT2D eigenvalue weighted by atomic mass is 10.1. The number of phenols is 1. The highest BCUT2D eigenvalue weighted by Crippen LogP contribution is 2.26. The number of benzene rings is 2. The standard InChI is InChI=1S/C19H22N2O4/c1-12-5-6-13(2)19(14(12)3)25-11-18(23)21-20-10-15-7-8-16(22)17(9-15)24-4/h5-10,22H,11H2,1-4H3,(H,21,23). The third kappa shape index (κ3) is 4.73. The molecule has 0 saturated heterocycles. The summed E-state index contributed by atoms with van der Waals surface area (Å²) >= 11 is 0. The van der Waals surface area contributed by atoms with Crippen LogP contribution in [0.1, 0.15) is 22.3 Å². The lowest BCUT2D eigenvalue weighted by Gasteiger charge is -2.13.